The van der Waals surface area contributed by atoms with Crippen LogP contribution in [0.5, 0.6) is 0 Å². The average Bonchev–Trinajstić information content (AvgIpc) is 3.23. The van der Waals surface area contributed by atoms with E-state index < -0.39 is 18.6 Å². The topological polar surface area (TPSA) is 64.0 Å². The number of alkyl halides is 3. The van der Waals surface area contributed by atoms with E-state index in [1.165, 1.54) is 16.2 Å². The number of aryl methyl sites for hydroxylation is 2. The number of halogens is 3. The second-order valence-electron chi connectivity index (χ2n) is 7.13. The number of rotatable bonds is 9. The number of hydrogen-bond donors (Lipinski definition) is 1. The van der Waals surface area contributed by atoms with Gasteiger partial charge in [-0.25, -0.2) is 4.98 Å². The first kappa shape index (κ1) is 22.1. The second-order valence-corrected chi connectivity index (χ2v) is 9.16. The zero-order valence-electron chi connectivity index (χ0n) is 16.2. The molecule has 1 amide bonds. The Labute approximate surface area is 175 Å². The lowest BCUT2D eigenvalue weighted by Crippen LogP contribution is -2.35. The van der Waals surface area contributed by atoms with Crippen molar-refractivity contribution in [1.82, 2.24) is 14.9 Å². The number of amides is 1. The molecule has 0 saturated heterocycles. The van der Waals surface area contributed by atoms with Gasteiger partial charge in [-0.2, -0.15) is 13.2 Å². The Hall–Kier alpha value is -1.55. The van der Waals surface area contributed by atoms with Crippen molar-refractivity contribution in [3.8, 4) is 0 Å². The first-order chi connectivity index (χ1) is 13.8. The highest BCUT2D eigenvalue weighted by Crippen LogP contribution is 2.35. The van der Waals surface area contributed by atoms with Gasteiger partial charge in [0.1, 0.15) is 11.4 Å². The number of hydrogen-bond acceptors (Lipinski definition) is 5. The number of thiophene rings is 1. The molecule has 0 bridgehead atoms. The minimum atomic E-state index is -4.45. The van der Waals surface area contributed by atoms with E-state index in [1.54, 1.807) is 4.57 Å². The van der Waals surface area contributed by atoms with Gasteiger partial charge in [0, 0.05) is 11.4 Å². The van der Waals surface area contributed by atoms with E-state index in [2.05, 4.69) is 11.9 Å². The first-order valence-corrected chi connectivity index (χ1v) is 11.6. The predicted molar refractivity (Wildman–Crippen MR) is 110 cm³/mol. The van der Waals surface area contributed by atoms with E-state index in [9.17, 15) is 22.8 Å². The maximum atomic E-state index is 13.2. The number of carbonyl (C=O) groups excluding carboxylic acids is 1. The Bertz CT molecular complexity index is 937. The van der Waals surface area contributed by atoms with Gasteiger partial charge in [0.25, 0.3) is 5.56 Å². The van der Waals surface area contributed by atoms with Gasteiger partial charge in [-0.05, 0) is 31.2 Å². The van der Waals surface area contributed by atoms with Gasteiger partial charge in [-0.3, -0.25) is 14.2 Å². The molecule has 0 fully saturated rings. The molecule has 1 aliphatic rings. The van der Waals surface area contributed by atoms with Crippen molar-refractivity contribution in [3.63, 3.8) is 0 Å². The zero-order chi connectivity index (χ0) is 21.0. The average molecular weight is 448 g/mol. The van der Waals surface area contributed by atoms with Crippen molar-refractivity contribution in [2.45, 2.75) is 69.7 Å². The molecule has 29 heavy (non-hydrogen) atoms. The van der Waals surface area contributed by atoms with Crippen LogP contribution in [0.15, 0.2) is 9.95 Å². The number of carbonyl (C=O) groups is 1. The molecule has 0 unspecified atom stereocenters. The maximum Gasteiger partial charge on any atom is 0.405 e. The Morgan fingerprint density at radius 3 is 2.79 bits per heavy atom. The van der Waals surface area contributed by atoms with Crippen LogP contribution in [0.2, 0.25) is 0 Å². The summed E-state index contributed by atoms with van der Waals surface area (Å²) in [6.07, 6.45) is 2.38. The van der Waals surface area contributed by atoms with Crippen molar-refractivity contribution < 1.29 is 18.0 Å². The third-order valence-electron chi connectivity index (χ3n) is 4.84. The van der Waals surface area contributed by atoms with Crippen LogP contribution in [0, 0.1) is 0 Å². The van der Waals surface area contributed by atoms with Crippen LogP contribution < -0.4 is 10.9 Å². The third kappa shape index (κ3) is 5.53. The molecule has 160 valence electrons. The Morgan fingerprint density at radius 2 is 2.07 bits per heavy atom. The Morgan fingerprint density at radius 1 is 1.28 bits per heavy atom. The molecule has 0 saturated carbocycles. The molecule has 3 rings (SSSR count). The van der Waals surface area contributed by atoms with Crippen molar-refractivity contribution in [2.75, 3.05) is 12.3 Å². The molecule has 2 aromatic heterocycles. The molecule has 1 N–H and O–H groups in total. The standard InChI is InChI=1S/C19H24F3N3O2S2/c1-2-3-4-5-9-25-17(27)15-12-7-6-8-13(12)29-16(15)24-18(25)28-10-14(26)23-11-19(20,21)22/h2-11H2,1H3,(H,23,26). The summed E-state index contributed by atoms with van der Waals surface area (Å²) in [6, 6.07) is 0. The summed E-state index contributed by atoms with van der Waals surface area (Å²) >= 11 is 2.53. The number of unbranched alkanes of at least 4 members (excludes halogenated alkanes) is 3. The van der Waals surface area contributed by atoms with Gasteiger partial charge in [-0.1, -0.05) is 37.9 Å². The van der Waals surface area contributed by atoms with Crippen LogP contribution in [0.1, 0.15) is 49.5 Å². The number of nitrogens with one attached hydrogen (secondary N) is 1. The molecule has 0 radical (unpaired) electrons. The van der Waals surface area contributed by atoms with E-state index in [1.807, 2.05) is 5.32 Å². The van der Waals surface area contributed by atoms with Crippen LogP contribution in [0.4, 0.5) is 13.2 Å². The van der Waals surface area contributed by atoms with Crippen molar-refractivity contribution in [1.29, 1.82) is 0 Å². The van der Waals surface area contributed by atoms with E-state index in [4.69, 9.17) is 0 Å². The number of nitrogens with zero attached hydrogens (tertiary/aromatic N) is 2. The Balaban J connectivity index is 1.82. The second kappa shape index (κ2) is 9.51. The van der Waals surface area contributed by atoms with Crippen LogP contribution in [-0.4, -0.2) is 33.9 Å². The van der Waals surface area contributed by atoms with Crippen molar-refractivity contribution in [2.24, 2.45) is 0 Å². The molecule has 5 nitrogen and oxygen atoms in total. The first-order valence-electron chi connectivity index (χ1n) is 9.81. The normalized spacial score (nSPS) is 13.8. The SMILES string of the molecule is CCCCCCn1c(SCC(=O)NCC(F)(F)F)nc2sc3c(c2c1=O)CCC3. The monoisotopic (exact) mass is 447 g/mol. The fraction of sp³-hybridized carbons (Fsp3) is 0.632. The molecule has 1 aliphatic carbocycles. The molecule has 2 aromatic rings. The lowest BCUT2D eigenvalue weighted by Gasteiger charge is -2.13. The van der Waals surface area contributed by atoms with Gasteiger partial charge in [0.2, 0.25) is 5.91 Å². The third-order valence-corrected chi connectivity index (χ3v) is 7.01. The lowest BCUT2D eigenvalue weighted by molar-refractivity contribution is -0.136. The van der Waals surface area contributed by atoms with Crippen molar-refractivity contribution in [3.05, 3.63) is 20.8 Å². The molecular weight excluding hydrogens is 423 g/mol. The fourth-order valence-electron chi connectivity index (χ4n) is 3.44. The maximum absolute atomic E-state index is 13.2. The molecule has 0 aromatic carbocycles. The summed E-state index contributed by atoms with van der Waals surface area (Å²) in [5.41, 5.74) is 1.01. The van der Waals surface area contributed by atoms with Gasteiger partial charge < -0.3 is 5.32 Å². The minimum absolute atomic E-state index is 0.0934. The number of thioether (sulfide) groups is 1. The fourth-order valence-corrected chi connectivity index (χ4v) is 5.60. The van der Waals surface area contributed by atoms with Gasteiger partial charge >= 0.3 is 6.18 Å². The predicted octanol–water partition coefficient (Wildman–Crippen LogP) is 4.30. The molecule has 2 heterocycles. The summed E-state index contributed by atoms with van der Waals surface area (Å²) in [6.45, 7) is 1.24. The molecule has 0 aliphatic heterocycles. The quantitative estimate of drug-likeness (QED) is 0.354. The summed E-state index contributed by atoms with van der Waals surface area (Å²) in [7, 11) is 0. The molecule has 0 spiro atoms. The largest absolute Gasteiger partial charge is 0.405 e. The van der Waals surface area contributed by atoms with E-state index in [-0.39, 0.29) is 11.3 Å². The number of aromatic nitrogens is 2. The van der Waals surface area contributed by atoms with Gasteiger partial charge in [0.15, 0.2) is 5.16 Å². The molecule has 0 atom stereocenters. The summed E-state index contributed by atoms with van der Waals surface area (Å²) in [5, 5.41) is 2.95. The summed E-state index contributed by atoms with van der Waals surface area (Å²) < 4.78 is 38.4. The lowest BCUT2D eigenvalue weighted by atomic mass is 10.2. The highest BCUT2D eigenvalue weighted by molar-refractivity contribution is 7.99. The van der Waals surface area contributed by atoms with Crippen LogP contribution in [-0.2, 0) is 24.2 Å². The van der Waals surface area contributed by atoms with Crippen LogP contribution in [0.3, 0.4) is 0 Å². The minimum Gasteiger partial charge on any atom is -0.346 e. The Kier molecular flexibility index (Phi) is 7.26. The highest BCUT2D eigenvalue weighted by Gasteiger charge is 2.28. The molecular formula is C19H24F3N3O2S2. The van der Waals surface area contributed by atoms with E-state index in [0.717, 1.165) is 62.3 Å². The summed E-state index contributed by atoms with van der Waals surface area (Å²) in [4.78, 5) is 31.5. The zero-order valence-corrected chi connectivity index (χ0v) is 17.9. The van der Waals surface area contributed by atoms with Gasteiger partial charge in [-0.15, -0.1) is 11.3 Å². The van der Waals surface area contributed by atoms with Gasteiger partial charge in [0.05, 0.1) is 11.1 Å². The smallest absolute Gasteiger partial charge is 0.346 e. The van der Waals surface area contributed by atoms with Crippen LogP contribution in [0.25, 0.3) is 10.2 Å². The summed E-state index contributed by atoms with van der Waals surface area (Å²) in [5.74, 6) is -0.943. The van der Waals surface area contributed by atoms with E-state index >= 15 is 0 Å². The molecule has 10 heteroatoms. The number of fused-ring (bicyclic) bond motifs is 3. The van der Waals surface area contributed by atoms with Crippen LogP contribution >= 0.6 is 23.1 Å². The van der Waals surface area contributed by atoms with Crippen molar-refractivity contribution >= 4 is 39.2 Å². The van der Waals surface area contributed by atoms with E-state index in [0.29, 0.717) is 21.9 Å². The highest BCUT2D eigenvalue weighted by atomic mass is 32.2.